The van der Waals surface area contributed by atoms with E-state index in [9.17, 15) is 23.2 Å². The molecule has 1 aliphatic heterocycles. The Bertz CT molecular complexity index is 916. The average molecular weight is 401 g/mol. The molecule has 1 aliphatic rings. The van der Waals surface area contributed by atoms with Crippen LogP contribution in [0.3, 0.4) is 0 Å². The molecule has 0 aromatic heterocycles. The molecule has 2 aromatic rings. The van der Waals surface area contributed by atoms with Gasteiger partial charge in [0.1, 0.15) is 23.7 Å². The number of carbonyl (C=O) groups is 3. The summed E-state index contributed by atoms with van der Waals surface area (Å²) < 4.78 is 26.1. The minimum absolute atomic E-state index is 0.256. The monoisotopic (exact) mass is 401 g/mol. The van der Waals surface area contributed by atoms with E-state index in [1.807, 2.05) is 0 Å². The van der Waals surface area contributed by atoms with Gasteiger partial charge in [-0.2, -0.15) is 0 Å². The van der Waals surface area contributed by atoms with Crippen LogP contribution in [0.4, 0.5) is 13.6 Å². The molecule has 152 valence electrons. The maximum absolute atomic E-state index is 13.2. The molecule has 1 heterocycles. The van der Waals surface area contributed by atoms with Crippen LogP contribution in [-0.4, -0.2) is 35.8 Å². The highest BCUT2D eigenvalue weighted by atomic mass is 19.1. The summed E-state index contributed by atoms with van der Waals surface area (Å²) in [7, 11) is 0. The average Bonchev–Trinajstić information content (AvgIpc) is 2.95. The molecule has 3 rings (SSSR count). The highest BCUT2D eigenvalue weighted by Gasteiger charge is 2.51. The number of urea groups is 1. The number of nitrogens with one attached hydrogen (secondary N) is 2. The van der Waals surface area contributed by atoms with Crippen LogP contribution in [0.2, 0.25) is 0 Å². The van der Waals surface area contributed by atoms with Crippen LogP contribution in [0.5, 0.6) is 0 Å². The third-order valence-corrected chi connectivity index (χ3v) is 4.99. The first kappa shape index (κ1) is 20.4. The standard InChI is InChI=1S/C21H21F2N3O3/c1-2-21(15-5-9-17(23)10-6-15)19(28)26(20(29)25-21)13-18(27)24-12-11-14-3-7-16(22)8-4-14/h3-10H,2,11-13H2,1H3,(H,24,27)(H,25,29). The second-order valence-electron chi connectivity index (χ2n) is 6.81. The van der Waals surface area contributed by atoms with E-state index < -0.39 is 35.7 Å². The predicted molar refractivity (Wildman–Crippen MR) is 102 cm³/mol. The predicted octanol–water partition coefficient (Wildman–Crippen LogP) is 2.48. The van der Waals surface area contributed by atoms with E-state index in [0.29, 0.717) is 12.0 Å². The normalized spacial score (nSPS) is 18.7. The third kappa shape index (κ3) is 4.26. The Morgan fingerprint density at radius 2 is 1.62 bits per heavy atom. The van der Waals surface area contributed by atoms with E-state index in [0.717, 1.165) is 10.5 Å². The largest absolute Gasteiger partial charge is 0.354 e. The number of benzene rings is 2. The molecular formula is C21H21F2N3O3. The van der Waals surface area contributed by atoms with Gasteiger partial charge in [0.25, 0.3) is 5.91 Å². The van der Waals surface area contributed by atoms with Gasteiger partial charge in [-0.05, 0) is 48.2 Å². The van der Waals surface area contributed by atoms with Gasteiger partial charge in [0.15, 0.2) is 0 Å². The van der Waals surface area contributed by atoms with Crippen molar-refractivity contribution in [3.8, 4) is 0 Å². The van der Waals surface area contributed by atoms with Gasteiger partial charge in [-0.25, -0.2) is 13.6 Å². The lowest BCUT2D eigenvalue weighted by Gasteiger charge is -2.25. The first-order chi connectivity index (χ1) is 13.9. The van der Waals surface area contributed by atoms with E-state index in [4.69, 9.17) is 0 Å². The molecule has 2 N–H and O–H groups in total. The summed E-state index contributed by atoms with van der Waals surface area (Å²) in [6.07, 6.45) is 0.743. The molecule has 0 aliphatic carbocycles. The molecule has 0 saturated carbocycles. The lowest BCUT2D eigenvalue weighted by molar-refractivity contribution is -0.135. The van der Waals surface area contributed by atoms with Gasteiger partial charge < -0.3 is 10.6 Å². The SMILES string of the molecule is CCC1(c2ccc(F)cc2)NC(=O)N(CC(=O)NCCc2ccc(F)cc2)C1=O. The van der Waals surface area contributed by atoms with E-state index in [1.165, 1.54) is 36.4 Å². The van der Waals surface area contributed by atoms with E-state index in [2.05, 4.69) is 10.6 Å². The van der Waals surface area contributed by atoms with E-state index in [1.54, 1.807) is 19.1 Å². The molecule has 1 fully saturated rings. The number of halogens is 2. The summed E-state index contributed by atoms with van der Waals surface area (Å²) in [5.74, 6) is -1.82. The van der Waals surface area contributed by atoms with Crippen molar-refractivity contribution < 1.29 is 23.2 Å². The topological polar surface area (TPSA) is 78.5 Å². The Balaban J connectivity index is 1.62. The van der Waals surface area contributed by atoms with Crippen LogP contribution in [0.25, 0.3) is 0 Å². The Morgan fingerprint density at radius 1 is 1.03 bits per heavy atom. The van der Waals surface area contributed by atoms with Gasteiger partial charge in [0, 0.05) is 6.54 Å². The van der Waals surface area contributed by atoms with E-state index >= 15 is 0 Å². The Kier molecular flexibility index (Phi) is 5.91. The van der Waals surface area contributed by atoms with Crippen LogP contribution < -0.4 is 10.6 Å². The van der Waals surface area contributed by atoms with Crippen LogP contribution in [-0.2, 0) is 21.5 Å². The summed E-state index contributed by atoms with van der Waals surface area (Å²) in [5.41, 5.74) is -0.0129. The zero-order chi connectivity index (χ0) is 21.0. The van der Waals surface area contributed by atoms with Gasteiger partial charge in [-0.1, -0.05) is 31.2 Å². The van der Waals surface area contributed by atoms with Crippen molar-refractivity contribution in [2.24, 2.45) is 0 Å². The smallest absolute Gasteiger partial charge is 0.325 e. The molecular weight excluding hydrogens is 380 g/mol. The molecule has 29 heavy (non-hydrogen) atoms. The van der Waals surface area contributed by atoms with Crippen molar-refractivity contribution >= 4 is 17.8 Å². The summed E-state index contributed by atoms with van der Waals surface area (Å²) in [4.78, 5) is 38.4. The van der Waals surface area contributed by atoms with Gasteiger partial charge in [-0.15, -0.1) is 0 Å². The first-order valence-corrected chi connectivity index (χ1v) is 9.27. The molecule has 2 aromatic carbocycles. The molecule has 0 radical (unpaired) electrons. The van der Waals surface area contributed by atoms with Crippen LogP contribution in [0.1, 0.15) is 24.5 Å². The highest BCUT2D eigenvalue weighted by Crippen LogP contribution is 2.32. The fourth-order valence-corrected chi connectivity index (χ4v) is 3.34. The lowest BCUT2D eigenvalue weighted by Crippen LogP contribution is -2.45. The summed E-state index contributed by atoms with van der Waals surface area (Å²) in [5, 5.41) is 5.29. The molecule has 0 bridgehead atoms. The maximum Gasteiger partial charge on any atom is 0.325 e. The van der Waals surface area contributed by atoms with Gasteiger partial charge in [-0.3, -0.25) is 14.5 Å². The Hall–Kier alpha value is -3.29. The zero-order valence-corrected chi connectivity index (χ0v) is 15.9. The fraction of sp³-hybridized carbons (Fsp3) is 0.286. The molecule has 1 atom stereocenters. The van der Waals surface area contributed by atoms with Crippen molar-refractivity contribution in [1.29, 1.82) is 0 Å². The molecule has 0 spiro atoms. The number of imide groups is 1. The van der Waals surface area contributed by atoms with Crippen molar-refractivity contribution in [3.63, 3.8) is 0 Å². The minimum atomic E-state index is -1.32. The second kappa shape index (κ2) is 8.38. The Morgan fingerprint density at radius 3 is 2.21 bits per heavy atom. The van der Waals surface area contributed by atoms with Crippen LogP contribution >= 0.6 is 0 Å². The van der Waals surface area contributed by atoms with Crippen LogP contribution in [0.15, 0.2) is 48.5 Å². The molecule has 4 amide bonds. The maximum atomic E-state index is 13.2. The van der Waals surface area contributed by atoms with Crippen molar-refractivity contribution in [1.82, 2.24) is 15.5 Å². The number of amides is 4. The van der Waals surface area contributed by atoms with E-state index in [-0.39, 0.29) is 18.8 Å². The molecule has 1 saturated heterocycles. The second-order valence-corrected chi connectivity index (χ2v) is 6.81. The van der Waals surface area contributed by atoms with Crippen molar-refractivity contribution in [2.45, 2.75) is 25.3 Å². The zero-order valence-electron chi connectivity index (χ0n) is 15.9. The van der Waals surface area contributed by atoms with Crippen LogP contribution in [0, 0.1) is 11.6 Å². The minimum Gasteiger partial charge on any atom is -0.354 e. The summed E-state index contributed by atoms with van der Waals surface area (Å²) in [6.45, 7) is 1.59. The van der Waals surface area contributed by atoms with Gasteiger partial charge in [0.05, 0.1) is 0 Å². The highest BCUT2D eigenvalue weighted by molar-refractivity contribution is 6.09. The first-order valence-electron chi connectivity index (χ1n) is 9.27. The molecule has 8 heteroatoms. The van der Waals surface area contributed by atoms with Crippen molar-refractivity contribution in [2.75, 3.05) is 13.1 Å². The number of hydrogen-bond donors (Lipinski definition) is 2. The quantitative estimate of drug-likeness (QED) is 0.700. The molecule has 6 nitrogen and oxygen atoms in total. The lowest BCUT2D eigenvalue weighted by atomic mass is 9.87. The summed E-state index contributed by atoms with van der Waals surface area (Å²) in [6, 6.07) is 10.6. The summed E-state index contributed by atoms with van der Waals surface area (Å²) >= 11 is 0. The fourth-order valence-electron chi connectivity index (χ4n) is 3.34. The van der Waals surface area contributed by atoms with Crippen molar-refractivity contribution in [3.05, 3.63) is 71.3 Å². The van der Waals surface area contributed by atoms with Gasteiger partial charge >= 0.3 is 6.03 Å². The number of carbonyl (C=O) groups excluding carboxylic acids is 3. The molecule has 1 unspecified atom stereocenters. The third-order valence-electron chi connectivity index (χ3n) is 4.99. The Labute approximate surface area is 166 Å². The number of rotatable bonds is 7. The number of hydrogen-bond acceptors (Lipinski definition) is 3. The van der Waals surface area contributed by atoms with Gasteiger partial charge in [0.2, 0.25) is 5.91 Å². The number of nitrogens with zero attached hydrogens (tertiary/aromatic N) is 1.